The van der Waals surface area contributed by atoms with Gasteiger partial charge in [-0.15, -0.1) is 0 Å². The first-order chi connectivity index (χ1) is 8.42. The van der Waals surface area contributed by atoms with Gasteiger partial charge in [0, 0.05) is 19.1 Å². The number of morpholine rings is 1. The van der Waals surface area contributed by atoms with Gasteiger partial charge in [0.25, 0.3) is 0 Å². The second-order valence-electron chi connectivity index (χ2n) is 4.88. The molecule has 1 aromatic carbocycles. The van der Waals surface area contributed by atoms with Crippen molar-refractivity contribution in [2.75, 3.05) is 26.3 Å². The van der Waals surface area contributed by atoms with Crippen molar-refractivity contribution in [3.05, 3.63) is 35.9 Å². The van der Waals surface area contributed by atoms with Gasteiger partial charge in [0.2, 0.25) is 0 Å². The zero-order chi connectivity index (χ0) is 11.5. The summed E-state index contributed by atoms with van der Waals surface area (Å²) in [5.41, 5.74) is 1.25. The highest BCUT2D eigenvalue weighted by molar-refractivity contribution is 5.13. The minimum atomic E-state index is 0.495. The Hall–Kier alpha value is -0.900. The molecule has 0 saturated carbocycles. The Morgan fingerprint density at radius 2 is 2.18 bits per heavy atom. The first-order valence-corrected chi connectivity index (χ1v) is 6.39. The van der Waals surface area contributed by atoms with Crippen LogP contribution in [0.4, 0.5) is 0 Å². The number of benzene rings is 1. The smallest absolute Gasteiger partial charge is 0.0718 e. The molecule has 92 valence electrons. The topological polar surface area (TPSA) is 21.7 Å². The first kappa shape index (κ1) is 11.2. The van der Waals surface area contributed by atoms with E-state index in [1.807, 2.05) is 6.07 Å². The predicted molar refractivity (Wildman–Crippen MR) is 65.8 cm³/mol. The number of ether oxygens (including phenoxy) is 2. The number of hydrogen-bond acceptors (Lipinski definition) is 3. The molecule has 2 fully saturated rings. The lowest BCUT2D eigenvalue weighted by atomic mass is 10.2. The van der Waals surface area contributed by atoms with Gasteiger partial charge < -0.3 is 9.47 Å². The van der Waals surface area contributed by atoms with E-state index in [1.165, 1.54) is 12.0 Å². The molecule has 0 N–H and O–H groups in total. The third-order valence-corrected chi connectivity index (χ3v) is 3.65. The fourth-order valence-electron chi connectivity index (χ4n) is 2.70. The molecule has 2 aliphatic rings. The van der Waals surface area contributed by atoms with Crippen molar-refractivity contribution in [3.63, 3.8) is 0 Å². The van der Waals surface area contributed by atoms with Crippen LogP contribution in [0, 0.1) is 0 Å². The highest BCUT2D eigenvalue weighted by atomic mass is 16.5. The van der Waals surface area contributed by atoms with Crippen LogP contribution in [-0.4, -0.2) is 43.3 Å². The molecule has 1 aromatic rings. The SMILES string of the molecule is c1ccc(COCCN2C[C@@H]3C[C@H]2CO3)cc1. The minimum absolute atomic E-state index is 0.495. The molecule has 2 aliphatic heterocycles. The van der Waals surface area contributed by atoms with Gasteiger partial charge in [-0.25, -0.2) is 0 Å². The highest BCUT2D eigenvalue weighted by Crippen LogP contribution is 2.27. The summed E-state index contributed by atoms with van der Waals surface area (Å²) in [6, 6.07) is 11.0. The van der Waals surface area contributed by atoms with Gasteiger partial charge >= 0.3 is 0 Å². The maximum Gasteiger partial charge on any atom is 0.0718 e. The monoisotopic (exact) mass is 233 g/mol. The van der Waals surface area contributed by atoms with Crippen molar-refractivity contribution in [2.45, 2.75) is 25.2 Å². The van der Waals surface area contributed by atoms with Gasteiger partial charge in [0.1, 0.15) is 0 Å². The van der Waals surface area contributed by atoms with E-state index in [4.69, 9.17) is 9.47 Å². The van der Waals surface area contributed by atoms with Gasteiger partial charge in [-0.1, -0.05) is 30.3 Å². The van der Waals surface area contributed by atoms with Gasteiger partial charge in [0.05, 0.1) is 25.9 Å². The summed E-state index contributed by atoms with van der Waals surface area (Å²) in [6.45, 7) is 4.59. The molecular weight excluding hydrogens is 214 g/mol. The summed E-state index contributed by atoms with van der Waals surface area (Å²) >= 11 is 0. The quantitative estimate of drug-likeness (QED) is 0.722. The Balaban J connectivity index is 1.36. The van der Waals surface area contributed by atoms with Crippen LogP contribution in [0.3, 0.4) is 0 Å². The Bertz CT molecular complexity index is 354. The molecule has 0 radical (unpaired) electrons. The predicted octanol–water partition coefficient (Wildman–Crippen LogP) is 1.68. The molecule has 0 aliphatic carbocycles. The van der Waals surface area contributed by atoms with Crippen molar-refractivity contribution >= 4 is 0 Å². The molecule has 0 aromatic heterocycles. The van der Waals surface area contributed by atoms with E-state index < -0.39 is 0 Å². The van der Waals surface area contributed by atoms with Gasteiger partial charge in [0.15, 0.2) is 0 Å². The lowest BCUT2D eigenvalue weighted by Crippen LogP contribution is -2.38. The molecule has 3 nitrogen and oxygen atoms in total. The zero-order valence-corrected chi connectivity index (χ0v) is 10.0. The van der Waals surface area contributed by atoms with Crippen LogP contribution in [0.15, 0.2) is 30.3 Å². The van der Waals surface area contributed by atoms with Crippen molar-refractivity contribution in [2.24, 2.45) is 0 Å². The third-order valence-electron chi connectivity index (χ3n) is 3.65. The van der Waals surface area contributed by atoms with Crippen LogP contribution in [0.1, 0.15) is 12.0 Å². The molecule has 2 saturated heterocycles. The maximum atomic E-state index is 5.71. The second kappa shape index (κ2) is 5.17. The van der Waals surface area contributed by atoms with E-state index in [0.29, 0.717) is 12.1 Å². The molecule has 0 spiro atoms. The van der Waals surface area contributed by atoms with Gasteiger partial charge in [-0.3, -0.25) is 4.90 Å². The molecule has 17 heavy (non-hydrogen) atoms. The molecule has 2 atom stereocenters. The largest absolute Gasteiger partial charge is 0.375 e. The summed E-state index contributed by atoms with van der Waals surface area (Å²) in [4.78, 5) is 2.50. The Morgan fingerprint density at radius 1 is 1.29 bits per heavy atom. The zero-order valence-electron chi connectivity index (χ0n) is 10.0. The lowest BCUT2D eigenvalue weighted by Gasteiger charge is -2.26. The van der Waals surface area contributed by atoms with Crippen molar-refractivity contribution < 1.29 is 9.47 Å². The van der Waals surface area contributed by atoms with E-state index >= 15 is 0 Å². The lowest BCUT2D eigenvalue weighted by molar-refractivity contribution is 0.0135. The fourth-order valence-corrected chi connectivity index (χ4v) is 2.70. The molecule has 2 bridgehead atoms. The maximum absolute atomic E-state index is 5.71. The van der Waals surface area contributed by atoms with Gasteiger partial charge in [-0.05, 0) is 12.0 Å². The summed E-state index contributed by atoms with van der Waals surface area (Å²) in [6.07, 6.45) is 1.72. The Labute approximate surface area is 102 Å². The average Bonchev–Trinajstić information content (AvgIpc) is 2.98. The molecule has 2 heterocycles. The third kappa shape index (κ3) is 2.68. The number of nitrogens with zero attached hydrogens (tertiary/aromatic N) is 1. The fraction of sp³-hybridized carbons (Fsp3) is 0.571. The van der Waals surface area contributed by atoms with Crippen LogP contribution >= 0.6 is 0 Å². The summed E-state index contributed by atoms with van der Waals surface area (Å²) in [5, 5.41) is 0. The average molecular weight is 233 g/mol. The highest BCUT2D eigenvalue weighted by Gasteiger charge is 2.38. The summed E-state index contributed by atoms with van der Waals surface area (Å²) in [5.74, 6) is 0. The number of fused-ring (bicyclic) bond motifs is 2. The molecule has 0 unspecified atom stereocenters. The summed E-state index contributed by atoms with van der Waals surface area (Å²) < 4.78 is 11.3. The van der Waals surface area contributed by atoms with Crippen LogP contribution in [0.25, 0.3) is 0 Å². The van der Waals surface area contributed by atoms with Crippen LogP contribution in [0.2, 0.25) is 0 Å². The standard InChI is InChI=1S/C14H19NO2/c1-2-4-12(5-3-1)10-16-7-6-15-9-14-8-13(15)11-17-14/h1-5,13-14H,6-11H2/t13-,14-/m0/s1. The normalized spacial score (nSPS) is 27.8. The summed E-state index contributed by atoms with van der Waals surface area (Å²) in [7, 11) is 0. The van der Waals surface area contributed by atoms with Gasteiger partial charge in [-0.2, -0.15) is 0 Å². The second-order valence-corrected chi connectivity index (χ2v) is 4.88. The number of hydrogen-bond donors (Lipinski definition) is 0. The minimum Gasteiger partial charge on any atom is -0.375 e. The molecule has 3 rings (SSSR count). The molecule has 0 amide bonds. The van der Waals surface area contributed by atoms with Crippen molar-refractivity contribution in [1.82, 2.24) is 4.90 Å². The number of likely N-dealkylation sites (tertiary alicyclic amines) is 1. The van der Waals surface area contributed by atoms with E-state index in [9.17, 15) is 0 Å². The molecule has 3 heteroatoms. The van der Waals surface area contributed by atoms with Crippen LogP contribution in [0.5, 0.6) is 0 Å². The van der Waals surface area contributed by atoms with E-state index in [1.54, 1.807) is 0 Å². The van der Waals surface area contributed by atoms with E-state index in [0.717, 1.165) is 32.9 Å². The van der Waals surface area contributed by atoms with E-state index in [-0.39, 0.29) is 0 Å². The van der Waals surface area contributed by atoms with Crippen molar-refractivity contribution in [3.8, 4) is 0 Å². The van der Waals surface area contributed by atoms with E-state index in [2.05, 4.69) is 29.2 Å². The first-order valence-electron chi connectivity index (χ1n) is 6.39. The van der Waals surface area contributed by atoms with Crippen LogP contribution in [-0.2, 0) is 16.1 Å². The van der Waals surface area contributed by atoms with Crippen LogP contribution < -0.4 is 0 Å². The molecular formula is C14H19NO2. The Morgan fingerprint density at radius 3 is 2.88 bits per heavy atom. The Kier molecular flexibility index (Phi) is 3.41. The number of rotatable bonds is 5. The van der Waals surface area contributed by atoms with Crippen molar-refractivity contribution in [1.29, 1.82) is 0 Å².